The van der Waals surface area contributed by atoms with Gasteiger partial charge in [-0.3, -0.25) is 9.59 Å². The van der Waals surface area contributed by atoms with E-state index in [1.807, 2.05) is 0 Å². The summed E-state index contributed by atoms with van der Waals surface area (Å²) in [6.45, 7) is 12.1. The van der Waals surface area contributed by atoms with Crippen LogP contribution in [-0.2, 0) is 10.2 Å². The van der Waals surface area contributed by atoms with Crippen LogP contribution in [0.15, 0.2) is 47.3 Å². The molecule has 1 N–H and O–H groups in total. The van der Waals surface area contributed by atoms with Crippen LogP contribution in [0.5, 0.6) is 0 Å². The predicted octanol–water partition coefficient (Wildman–Crippen LogP) is 4.94. The maximum atomic E-state index is 13.0. The van der Waals surface area contributed by atoms with Gasteiger partial charge in [0, 0.05) is 19.0 Å². The van der Waals surface area contributed by atoms with E-state index in [-0.39, 0.29) is 35.1 Å². The average molecular weight is 411 g/mol. The van der Waals surface area contributed by atoms with Gasteiger partial charge >= 0.3 is 0 Å². The summed E-state index contributed by atoms with van der Waals surface area (Å²) in [6, 6.07) is 10.3. The first-order chi connectivity index (χ1) is 14.2. The molecular weight excluding hydrogens is 376 g/mol. The molecule has 1 aliphatic heterocycles. The molecule has 1 atom stereocenters. The first kappa shape index (κ1) is 22.1. The molecule has 3 rings (SSSR count). The standard InChI is InChI=1S/C25H34N2O3/c1-17(2)22(18-6-8-21(9-7-18)25(3,4)5)26-23(28)19-10-13-27(14-11-19)24(29)20-12-15-30-16-20/h6-9,12,15-17,19,22H,10-11,13-14H2,1-5H3,(H,26,28)/t22-/m0/s1. The number of hydrogen-bond acceptors (Lipinski definition) is 3. The summed E-state index contributed by atoms with van der Waals surface area (Å²) in [7, 11) is 0. The molecule has 2 amide bonds. The summed E-state index contributed by atoms with van der Waals surface area (Å²) >= 11 is 0. The number of rotatable bonds is 5. The fourth-order valence-electron chi connectivity index (χ4n) is 4.01. The lowest BCUT2D eigenvalue weighted by Gasteiger charge is -2.33. The highest BCUT2D eigenvalue weighted by atomic mass is 16.3. The number of carbonyl (C=O) groups is 2. The summed E-state index contributed by atoms with van der Waals surface area (Å²) in [5.41, 5.74) is 3.10. The van der Waals surface area contributed by atoms with Crippen LogP contribution in [0.1, 0.15) is 75.0 Å². The third-order valence-electron chi connectivity index (χ3n) is 6.02. The molecule has 162 valence electrons. The van der Waals surface area contributed by atoms with E-state index in [4.69, 9.17) is 4.42 Å². The molecule has 1 fully saturated rings. The zero-order valence-corrected chi connectivity index (χ0v) is 18.8. The molecule has 0 bridgehead atoms. The lowest BCUT2D eigenvalue weighted by molar-refractivity contribution is -0.127. The van der Waals surface area contributed by atoms with Gasteiger partial charge in [0.25, 0.3) is 5.91 Å². The molecule has 0 radical (unpaired) electrons. The van der Waals surface area contributed by atoms with Gasteiger partial charge in [0.15, 0.2) is 0 Å². The Hall–Kier alpha value is -2.56. The predicted molar refractivity (Wildman–Crippen MR) is 118 cm³/mol. The van der Waals surface area contributed by atoms with Gasteiger partial charge in [0.05, 0.1) is 17.9 Å². The van der Waals surface area contributed by atoms with Crippen molar-refractivity contribution in [3.63, 3.8) is 0 Å². The molecular formula is C25H34N2O3. The van der Waals surface area contributed by atoms with Crippen molar-refractivity contribution in [1.29, 1.82) is 0 Å². The van der Waals surface area contributed by atoms with E-state index < -0.39 is 0 Å². The second kappa shape index (κ2) is 9.07. The first-order valence-electron chi connectivity index (χ1n) is 10.9. The number of furan rings is 1. The molecule has 0 saturated carbocycles. The summed E-state index contributed by atoms with van der Waals surface area (Å²) in [4.78, 5) is 27.2. The topological polar surface area (TPSA) is 62.6 Å². The van der Waals surface area contributed by atoms with Gasteiger partial charge in [-0.15, -0.1) is 0 Å². The van der Waals surface area contributed by atoms with E-state index in [1.165, 1.54) is 18.1 Å². The van der Waals surface area contributed by atoms with Crippen LogP contribution in [0.25, 0.3) is 0 Å². The van der Waals surface area contributed by atoms with Gasteiger partial charge in [0.2, 0.25) is 5.91 Å². The number of amides is 2. The number of nitrogens with one attached hydrogen (secondary N) is 1. The summed E-state index contributed by atoms with van der Waals surface area (Å²) in [5.74, 6) is 0.288. The minimum Gasteiger partial charge on any atom is -0.472 e. The van der Waals surface area contributed by atoms with E-state index in [9.17, 15) is 9.59 Å². The molecule has 1 saturated heterocycles. The van der Waals surface area contributed by atoms with Crippen LogP contribution < -0.4 is 5.32 Å². The normalized spacial score (nSPS) is 16.5. The molecule has 5 nitrogen and oxygen atoms in total. The minimum atomic E-state index is -0.0616. The molecule has 1 aliphatic rings. The Morgan fingerprint density at radius 3 is 2.20 bits per heavy atom. The van der Waals surface area contributed by atoms with Gasteiger partial charge < -0.3 is 14.6 Å². The number of nitrogens with zero attached hydrogens (tertiary/aromatic N) is 1. The lowest BCUT2D eigenvalue weighted by atomic mass is 9.85. The Morgan fingerprint density at radius 2 is 1.70 bits per heavy atom. The van der Waals surface area contributed by atoms with E-state index in [1.54, 1.807) is 11.0 Å². The highest BCUT2D eigenvalue weighted by Crippen LogP contribution is 2.28. The summed E-state index contributed by atoms with van der Waals surface area (Å²) in [6.07, 6.45) is 4.35. The van der Waals surface area contributed by atoms with Gasteiger partial charge in [-0.25, -0.2) is 0 Å². The Kier molecular flexibility index (Phi) is 6.69. The monoisotopic (exact) mass is 410 g/mol. The molecule has 0 spiro atoms. The van der Waals surface area contributed by atoms with Crippen LogP contribution in [0.4, 0.5) is 0 Å². The number of likely N-dealkylation sites (tertiary alicyclic amines) is 1. The molecule has 1 aromatic heterocycles. The molecule has 5 heteroatoms. The van der Waals surface area contributed by atoms with E-state index >= 15 is 0 Å². The quantitative estimate of drug-likeness (QED) is 0.759. The van der Waals surface area contributed by atoms with Crippen molar-refractivity contribution < 1.29 is 14.0 Å². The van der Waals surface area contributed by atoms with E-state index in [0.29, 0.717) is 31.5 Å². The van der Waals surface area contributed by atoms with Crippen molar-refractivity contribution in [2.75, 3.05) is 13.1 Å². The Morgan fingerprint density at radius 1 is 1.07 bits per heavy atom. The fraction of sp³-hybridized carbons (Fsp3) is 0.520. The van der Waals surface area contributed by atoms with Crippen molar-refractivity contribution in [3.8, 4) is 0 Å². The summed E-state index contributed by atoms with van der Waals surface area (Å²) in [5, 5.41) is 3.27. The van der Waals surface area contributed by atoms with Crippen LogP contribution in [0, 0.1) is 11.8 Å². The molecule has 2 aromatic rings. The summed E-state index contributed by atoms with van der Waals surface area (Å²) < 4.78 is 5.01. The van der Waals surface area contributed by atoms with E-state index in [2.05, 4.69) is 64.2 Å². The third kappa shape index (κ3) is 5.13. The van der Waals surface area contributed by atoms with E-state index in [0.717, 1.165) is 5.56 Å². The maximum Gasteiger partial charge on any atom is 0.257 e. The van der Waals surface area contributed by atoms with Gasteiger partial charge in [-0.1, -0.05) is 58.9 Å². The average Bonchev–Trinajstić information content (AvgIpc) is 3.25. The lowest BCUT2D eigenvalue weighted by Crippen LogP contribution is -2.44. The van der Waals surface area contributed by atoms with Crippen molar-refractivity contribution >= 4 is 11.8 Å². The van der Waals surface area contributed by atoms with Crippen LogP contribution in [0.2, 0.25) is 0 Å². The molecule has 2 heterocycles. The zero-order chi connectivity index (χ0) is 21.9. The highest BCUT2D eigenvalue weighted by molar-refractivity contribution is 5.94. The van der Waals surface area contributed by atoms with Crippen LogP contribution >= 0.6 is 0 Å². The van der Waals surface area contributed by atoms with Gasteiger partial charge in [0.1, 0.15) is 6.26 Å². The number of benzene rings is 1. The fourth-order valence-corrected chi connectivity index (χ4v) is 4.01. The zero-order valence-electron chi connectivity index (χ0n) is 18.8. The SMILES string of the molecule is CC(C)[C@H](NC(=O)C1CCN(C(=O)c2ccoc2)CC1)c1ccc(C(C)(C)C)cc1. The minimum absolute atomic E-state index is 0.0166. The largest absolute Gasteiger partial charge is 0.472 e. The molecule has 0 aliphatic carbocycles. The highest BCUT2D eigenvalue weighted by Gasteiger charge is 2.30. The van der Waals surface area contributed by atoms with Crippen LogP contribution in [0.3, 0.4) is 0 Å². The second-order valence-corrected chi connectivity index (χ2v) is 9.68. The van der Waals surface area contributed by atoms with Gasteiger partial charge in [-0.2, -0.15) is 0 Å². The van der Waals surface area contributed by atoms with Crippen LogP contribution in [-0.4, -0.2) is 29.8 Å². The van der Waals surface area contributed by atoms with Gasteiger partial charge in [-0.05, 0) is 41.4 Å². The number of piperidine rings is 1. The second-order valence-electron chi connectivity index (χ2n) is 9.68. The molecule has 30 heavy (non-hydrogen) atoms. The number of carbonyl (C=O) groups excluding carboxylic acids is 2. The Balaban J connectivity index is 1.60. The Bertz CT molecular complexity index is 840. The smallest absolute Gasteiger partial charge is 0.257 e. The first-order valence-corrected chi connectivity index (χ1v) is 10.9. The maximum absolute atomic E-state index is 13.0. The molecule has 0 unspecified atom stereocenters. The third-order valence-corrected chi connectivity index (χ3v) is 6.02. The van der Waals surface area contributed by atoms with Crippen molar-refractivity contribution in [2.24, 2.45) is 11.8 Å². The Labute approximate surface area is 179 Å². The number of hydrogen-bond donors (Lipinski definition) is 1. The van der Waals surface area contributed by atoms with Crippen molar-refractivity contribution in [3.05, 3.63) is 59.5 Å². The van der Waals surface area contributed by atoms with Crippen molar-refractivity contribution in [1.82, 2.24) is 10.2 Å². The molecule has 1 aromatic carbocycles. The van der Waals surface area contributed by atoms with Crippen molar-refractivity contribution in [2.45, 2.75) is 58.9 Å².